The molecule has 5 heteroatoms. The van der Waals surface area contributed by atoms with Gasteiger partial charge >= 0.3 is 0 Å². The second kappa shape index (κ2) is 4.17. The number of aromatic nitrogens is 2. The first-order valence-electron chi connectivity index (χ1n) is 6.27. The molecular formula is C13H18N4S. The maximum Gasteiger partial charge on any atom is 0.150 e. The first kappa shape index (κ1) is 11.9. The van der Waals surface area contributed by atoms with Crippen LogP contribution in [0.25, 0.3) is 10.2 Å². The molecule has 2 aromatic heterocycles. The molecule has 1 atom stereocenters. The quantitative estimate of drug-likeness (QED) is 0.856. The van der Waals surface area contributed by atoms with Gasteiger partial charge in [0, 0.05) is 19.1 Å². The zero-order valence-corrected chi connectivity index (χ0v) is 11.6. The molecule has 0 radical (unpaired) electrons. The van der Waals surface area contributed by atoms with Crippen molar-refractivity contribution in [2.75, 3.05) is 18.0 Å². The molecule has 1 unspecified atom stereocenters. The monoisotopic (exact) mass is 262 g/mol. The van der Waals surface area contributed by atoms with E-state index in [2.05, 4.69) is 34.1 Å². The van der Waals surface area contributed by atoms with Gasteiger partial charge in [0.25, 0.3) is 0 Å². The lowest BCUT2D eigenvalue weighted by atomic mass is 9.80. The number of thiophene rings is 1. The van der Waals surface area contributed by atoms with Gasteiger partial charge in [0.2, 0.25) is 0 Å². The third kappa shape index (κ3) is 1.87. The highest BCUT2D eigenvalue weighted by atomic mass is 32.1. The van der Waals surface area contributed by atoms with Gasteiger partial charge in [-0.15, -0.1) is 11.3 Å². The van der Waals surface area contributed by atoms with E-state index < -0.39 is 0 Å². The predicted octanol–water partition coefficient (Wildman–Crippen LogP) is 2.25. The van der Waals surface area contributed by atoms with E-state index in [0.29, 0.717) is 0 Å². The summed E-state index contributed by atoms with van der Waals surface area (Å²) in [4.78, 5) is 11.1. The highest BCUT2D eigenvalue weighted by Gasteiger charge is 2.34. The molecule has 96 valence electrons. The van der Waals surface area contributed by atoms with E-state index in [1.165, 1.54) is 4.70 Å². The van der Waals surface area contributed by atoms with Crippen molar-refractivity contribution in [1.82, 2.24) is 9.97 Å². The summed E-state index contributed by atoms with van der Waals surface area (Å²) in [7, 11) is 0. The lowest BCUT2D eigenvalue weighted by Crippen LogP contribution is -2.52. The number of anilines is 1. The molecular weight excluding hydrogens is 244 g/mol. The molecule has 0 aromatic carbocycles. The fraction of sp³-hybridized carbons (Fsp3) is 0.538. The predicted molar refractivity (Wildman–Crippen MR) is 76.0 cm³/mol. The zero-order valence-electron chi connectivity index (χ0n) is 10.8. The first-order valence-corrected chi connectivity index (χ1v) is 7.14. The first-order chi connectivity index (χ1) is 8.58. The smallest absolute Gasteiger partial charge is 0.150 e. The Bertz CT molecular complexity index is 563. The average molecular weight is 262 g/mol. The molecule has 0 spiro atoms. The Morgan fingerprint density at radius 2 is 2.28 bits per heavy atom. The highest BCUT2D eigenvalue weighted by molar-refractivity contribution is 7.17. The van der Waals surface area contributed by atoms with Gasteiger partial charge in [-0.25, -0.2) is 9.97 Å². The van der Waals surface area contributed by atoms with E-state index in [1.54, 1.807) is 17.7 Å². The summed E-state index contributed by atoms with van der Waals surface area (Å²) in [5, 5.41) is 2.07. The molecule has 2 N–H and O–H groups in total. The summed E-state index contributed by atoms with van der Waals surface area (Å²) < 4.78 is 1.18. The van der Waals surface area contributed by atoms with E-state index in [-0.39, 0.29) is 11.5 Å². The van der Waals surface area contributed by atoms with Crippen molar-refractivity contribution in [2.45, 2.75) is 26.3 Å². The molecule has 2 aromatic rings. The molecule has 1 aliphatic heterocycles. The summed E-state index contributed by atoms with van der Waals surface area (Å²) in [5.74, 6) is 1.06. The molecule has 1 saturated heterocycles. The summed E-state index contributed by atoms with van der Waals surface area (Å²) in [6, 6.07) is 2.32. The maximum atomic E-state index is 6.19. The Morgan fingerprint density at radius 1 is 1.44 bits per heavy atom. The van der Waals surface area contributed by atoms with Gasteiger partial charge < -0.3 is 10.6 Å². The number of rotatable bonds is 1. The largest absolute Gasteiger partial charge is 0.355 e. The molecule has 3 heterocycles. The van der Waals surface area contributed by atoms with Gasteiger partial charge in [-0.3, -0.25) is 0 Å². The molecule has 1 aliphatic rings. The third-order valence-electron chi connectivity index (χ3n) is 3.84. The van der Waals surface area contributed by atoms with Crippen LogP contribution in [-0.2, 0) is 0 Å². The second-order valence-corrected chi connectivity index (χ2v) is 6.55. The van der Waals surface area contributed by atoms with Crippen molar-refractivity contribution >= 4 is 27.4 Å². The van der Waals surface area contributed by atoms with Crippen LogP contribution in [-0.4, -0.2) is 29.1 Å². The van der Waals surface area contributed by atoms with Crippen molar-refractivity contribution in [3.63, 3.8) is 0 Å². The normalized spacial score (nSPS) is 23.5. The number of nitrogens with two attached hydrogens (primary N) is 1. The number of fused-ring (bicyclic) bond motifs is 1. The molecule has 0 saturated carbocycles. The van der Waals surface area contributed by atoms with Gasteiger partial charge in [0.1, 0.15) is 12.1 Å². The number of piperidine rings is 1. The van der Waals surface area contributed by atoms with E-state index in [9.17, 15) is 0 Å². The van der Waals surface area contributed by atoms with Crippen LogP contribution >= 0.6 is 11.3 Å². The number of nitrogens with zero attached hydrogens (tertiary/aromatic N) is 3. The van der Waals surface area contributed by atoms with E-state index in [1.807, 2.05) is 6.07 Å². The topological polar surface area (TPSA) is 55.0 Å². The summed E-state index contributed by atoms with van der Waals surface area (Å²) in [6.07, 6.45) is 2.68. The van der Waals surface area contributed by atoms with Crippen LogP contribution in [0.2, 0.25) is 0 Å². The van der Waals surface area contributed by atoms with Crippen molar-refractivity contribution in [1.29, 1.82) is 0 Å². The van der Waals surface area contributed by atoms with Crippen LogP contribution in [0.1, 0.15) is 20.3 Å². The molecule has 4 nitrogen and oxygen atoms in total. The van der Waals surface area contributed by atoms with E-state index in [0.717, 1.165) is 30.8 Å². The SMILES string of the molecule is CC1(C)CN(c2ncnc3ccsc23)CCC1N. The third-order valence-corrected chi connectivity index (χ3v) is 4.74. The molecule has 1 fully saturated rings. The van der Waals surface area contributed by atoms with Crippen LogP contribution in [0, 0.1) is 5.41 Å². The minimum Gasteiger partial charge on any atom is -0.355 e. The number of hydrogen-bond donors (Lipinski definition) is 1. The maximum absolute atomic E-state index is 6.19. The molecule has 3 rings (SSSR count). The lowest BCUT2D eigenvalue weighted by molar-refractivity contribution is 0.244. The standard InChI is InChI=1S/C13H18N4S/c1-13(2)7-17(5-3-10(13)14)12-11-9(4-6-18-11)15-8-16-12/h4,6,8,10H,3,5,7,14H2,1-2H3. The molecule has 18 heavy (non-hydrogen) atoms. The van der Waals surface area contributed by atoms with Gasteiger partial charge in [-0.1, -0.05) is 13.8 Å². The van der Waals surface area contributed by atoms with Crippen molar-refractivity contribution in [2.24, 2.45) is 11.1 Å². The Morgan fingerprint density at radius 3 is 3.06 bits per heavy atom. The average Bonchev–Trinajstić information content (AvgIpc) is 2.80. The van der Waals surface area contributed by atoms with Crippen LogP contribution in [0.3, 0.4) is 0 Å². The van der Waals surface area contributed by atoms with Crippen molar-refractivity contribution < 1.29 is 0 Å². The Kier molecular flexibility index (Phi) is 2.75. The Hall–Kier alpha value is -1.20. The van der Waals surface area contributed by atoms with Gasteiger partial charge in [0.05, 0.1) is 10.2 Å². The second-order valence-electron chi connectivity index (χ2n) is 5.64. The highest BCUT2D eigenvalue weighted by Crippen LogP contribution is 2.34. The van der Waals surface area contributed by atoms with Gasteiger partial charge in [0.15, 0.2) is 0 Å². The zero-order chi connectivity index (χ0) is 12.8. The van der Waals surface area contributed by atoms with Crippen molar-refractivity contribution in [3.05, 3.63) is 17.8 Å². The molecule has 0 bridgehead atoms. The Balaban J connectivity index is 1.98. The summed E-state index contributed by atoms with van der Waals surface area (Å²) >= 11 is 1.71. The van der Waals surface area contributed by atoms with Gasteiger partial charge in [-0.2, -0.15) is 0 Å². The van der Waals surface area contributed by atoms with Crippen LogP contribution in [0.4, 0.5) is 5.82 Å². The minimum atomic E-state index is 0.132. The Labute approximate surface area is 111 Å². The van der Waals surface area contributed by atoms with Gasteiger partial charge in [-0.05, 0) is 23.3 Å². The van der Waals surface area contributed by atoms with Crippen LogP contribution in [0.15, 0.2) is 17.8 Å². The van der Waals surface area contributed by atoms with Crippen LogP contribution in [0.5, 0.6) is 0 Å². The summed E-state index contributed by atoms with van der Waals surface area (Å²) in [6.45, 7) is 6.40. The molecule has 0 amide bonds. The lowest BCUT2D eigenvalue weighted by Gasteiger charge is -2.43. The van der Waals surface area contributed by atoms with Crippen molar-refractivity contribution in [3.8, 4) is 0 Å². The summed E-state index contributed by atoms with van der Waals surface area (Å²) in [5.41, 5.74) is 7.36. The number of hydrogen-bond acceptors (Lipinski definition) is 5. The van der Waals surface area contributed by atoms with E-state index in [4.69, 9.17) is 5.73 Å². The van der Waals surface area contributed by atoms with E-state index >= 15 is 0 Å². The van der Waals surface area contributed by atoms with Crippen LogP contribution < -0.4 is 10.6 Å². The molecule has 0 aliphatic carbocycles. The fourth-order valence-electron chi connectivity index (χ4n) is 2.56. The fourth-order valence-corrected chi connectivity index (χ4v) is 3.42. The minimum absolute atomic E-state index is 0.132.